The lowest BCUT2D eigenvalue weighted by atomic mass is 10.1. The van der Waals surface area contributed by atoms with E-state index in [9.17, 15) is 4.79 Å². The molecule has 0 aromatic rings. The summed E-state index contributed by atoms with van der Waals surface area (Å²) in [6.07, 6.45) is 6.10. The number of carbonyl (C=O) groups is 1. The second kappa shape index (κ2) is 3.37. The van der Waals surface area contributed by atoms with Gasteiger partial charge in [-0.05, 0) is 18.8 Å². The fourth-order valence-electron chi connectivity index (χ4n) is 1.08. The molecule has 1 rings (SSSR count). The zero-order valence-electron chi connectivity index (χ0n) is 5.46. The average Bonchev–Trinajstić information content (AvgIpc) is 2.36. The smallest absolute Gasteiger partial charge is 0.317 e. The van der Waals surface area contributed by atoms with Crippen LogP contribution in [-0.2, 0) is 4.79 Å². The molecule has 0 aliphatic heterocycles. The largest absolute Gasteiger partial charge is 0.480 e. The molecule has 0 radical (unpaired) electrons. The lowest BCUT2D eigenvalue weighted by Crippen LogP contribution is -2.20. The Bertz CT molecular complexity index is 165. The third kappa shape index (κ3) is 1.71. The molecule has 0 saturated carbocycles. The standard InChI is InChI=1S/C7H9IO2/c8-6(7(9)10)5-3-1-2-4-5/h1,3,5-6H,2,4H2,(H,9,10). The lowest BCUT2D eigenvalue weighted by molar-refractivity contribution is -0.136. The molecule has 1 aliphatic rings. The van der Waals surface area contributed by atoms with Gasteiger partial charge in [0, 0.05) is 0 Å². The highest BCUT2D eigenvalue weighted by atomic mass is 127. The van der Waals surface area contributed by atoms with E-state index < -0.39 is 5.97 Å². The molecule has 1 aliphatic carbocycles. The predicted molar refractivity (Wildman–Crippen MR) is 47.3 cm³/mol. The third-order valence-corrected chi connectivity index (χ3v) is 3.12. The van der Waals surface area contributed by atoms with E-state index in [0.717, 1.165) is 12.8 Å². The van der Waals surface area contributed by atoms with E-state index >= 15 is 0 Å². The van der Waals surface area contributed by atoms with E-state index in [1.54, 1.807) is 0 Å². The molecule has 10 heavy (non-hydrogen) atoms. The van der Waals surface area contributed by atoms with Gasteiger partial charge in [0.2, 0.25) is 0 Å². The molecule has 3 heteroatoms. The number of alkyl halides is 1. The molecule has 0 fully saturated rings. The first-order valence-electron chi connectivity index (χ1n) is 3.25. The number of carboxylic acids is 1. The Morgan fingerprint density at radius 3 is 2.90 bits per heavy atom. The molecule has 2 nitrogen and oxygen atoms in total. The van der Waals surface area contributed by atoms with Gasteiger partial charge in [-0.1, -0.05) is 34.7 Å². The van der Waals surface area contributed by atoms with Gasteiger partial charge in [0.05, 0.1) is 0 Å². The SMILES string of the molecule is O=C(O)C(I)C1C=CCC1. The fraction of sp³-hybridized carbons (Fsp3) is 0.571. The minimum atomic E-state index is -0.697. The first kappa shape index (κ1) is 8.04. The zero-order chi connectivity index (χ0) is 7.56. The van der Waals surface area contributed by atoms with Crippen LogP contribution in [0, 0.1) is 5.92 Å². The first-order valence-corrected chi connectivity index (χ1v) is 4.50. The van der Waals surface area contributed by atoms with E-state index in [4.69, 9.17) is 5.11 Å². The molecule has 0 saturated heterocycles. The van der Waals surface area contributed by atoms with Crippen LogP contribution in [0.2, 0.25) is 0 Å². The highest BCUT2D eigenvalue weighted by Crippen LogP contribution is 2.25. The van der Waals surface area contributed by atoms with Crippen molar-refractivity contribution in [3.8, 4) is 0 Å². The van der Waals surface area contributed by atoms with Crippen LogP contribution in [0.1, 0.15) is 12.8 Å². The highest BCUT2D eigenvalue weighted by molar-refractivity contribution is 14.1. The molecule has 0 heterocycles. The summed E-state index contributed by atoms with van der Waals surface area (Å²) in [4.78, 5) is 10.4. The van der Waals surface area contributed by atoms with Crippen molar-refractivity contribution in [2.45, 2.75) is 16.8 Å². The number of halogens is 1. The van der Waals surface area contributed by atoms with Crippen LogP contribution in [0.3, 0.4) is 0 Å². The van der Waals surface area contributed by atoms with Crippen LogP contribution in [0.25, 0.3) is 0 Å². The summed E-state index contributed by atoms with van der Waals surface area (Å²) >= 11 is 1.98. The maximum atomic E-state index is 10.4. The molecule has 0 aromatic heterocycles. The quantitative estimate of drug-likeness (QED) is 0.462. The highest BCUT2D eigenvalue weighted by Gasteiger charge is 2.24. The Morgan fingerprint density at radius 1 is 1.80 bits per heavy atom. The van der Waals surface area contributed by atoms with E-state index in [1.807, 2.05) is 28.7 Å². The van der Waals surface area contributed by atoms with Gasteiger partial charge < -0.3 is 5.11 Å². The minimum Gasteiger partial charge on any atom is -0.480 e. The van der Waals surface area contributed by atoms with Crippen LogP contribution >= 0.6 is 22.6 Å². The minimum absolute atomic E-state index is 0.239. The monoisotopic (exact) mass is 252 g/mol. The van der Waals surface area contributed by atoms with Crippen LogP contribution in [0.4, 0.5) is 0 Å². The zero-order valence-corrected chi connectivity index (χ0v) is 7.61. The summed E-state index contributed by atoms with van der Waals surface area (Å²) in [6.45, 7) is 0. The van der Waals surface area contributed by atoms with Crippen molar-refractivity contribution >= 4 is 28.6 Å². The van der Waals surface area contributed by atoms with Gasteiger partial charge in [-0.15, -0.1) is 0 Å². The second-order valence-corrected chi connectivity index (χ2v) is 3.75. The van der Waals surface area contributed by atoms with Crippen molar-refractivity contribution in [2.75, 3.05) is 0 Å². The molecule has 2 unspecified atom stereocenters. The second-order valence-electron chi connectivity index (χ2n) is 2.41. The van der Waals surface area contributed by atoms with Gasteiger partial charge >= 0.3 is 5.97 Å². The Morgan fingerprint density at radius 2 is 2.50 bits per heavy atom. The number of allylic oxidation sites excluding steroid dienone is 2. The number of hydrogen-bond acceptors (Lipinski definition) is 1. The molecule has 1 N–H and O–H groups in total. The van der Waals surface area contributed by atoms with Gasteiger partial charge in [0.1, 0.15) is 3.92 Å². The molecule has 0 bridgehead atoms. The van der Waals surface area contributed by atoms with Crippen molar-refractivity contribution in [3.05, 3.63) is 12.2 Å². The summed E-state index contributed by atoms with van der Waals surface area (Å²) in [7, 11) is 0. The molecular formula is C7H9IO2. The summed E-state index contributed by atoms with van der Waals surface area (Å²) in [6, 6.07) is 0. The summed E-state index contributed by atoms with van der Waals surface area (Å²) in [5, 5.41) is 8.60. The van der Waals surface area contributed by atoms with Crippen molar-refractivity contribution in [3.63, 3.8) is 0 Å². The van der Waals surface area contributed by atoms with Crippen molar-refractivity contribution < 1.29 is 9.90 Å². The fourth-order valence-corrected chi connectivity index (χ4v) is 1.68. The van der Waals surface area contributed by atoms with Gasteiger partial charge in [-0.3, -0.25) is 4.79 Å². The first-order chi connectivity index (χ1) is 4.72. The van der Waals surface area contributed by atoms with Gasteiger partial charge in [0.25, 0.3) is 0 Å². The van der Waals surface area contributed by atoms with E-state index in [1.165, 1.54) is 0 Å². The Balaban J connectivity index is 2.48. The summed E-state index contributed by atoms with van der Waals surface area (Å²) in [5.74, 6) is -0.435. The van der Waals surface area contributed by atoms with Crippen LogP contribution in [0.15, 0.2) is 12.2 Å². The normalized spacial score (nSPS) is 26.7. The average molecular weight is 252 g/mol. The predicted octanol–water partition coefficient (Wildman–Crippen LogP) is 1.84. The molecule has 2 atom stereocenters. The number of carboxylic acid groups (broad SMARTS) is 1. The van der Waals surface area contributed by atoms with E-state index in [-0.39, 0.29) is 9.84 Å². The van der Waals surface area contributed by atoms with Crippen molar-refractivity contribution in [1.82, 2.24) is 0 Å². The molecular weight excluding hydrogens is 243 g/mol. The number of aliphatic carboxylic acids is 1. The van der Waals surface area contributed by atoms with E-state index in [2.05, 4.69) is 6.08 Å². The summed E-state index contributed by atoms with van der Waals surface area (Å²) < 4.78 is -0.239. The van der Waals surface area contributed by atoms with Crippen LogP contribution in [-0.4, -0.2) is 15.0 Å². The Hall–Kier alpha value is -0.0600. The Labute approximate surface area is 73.5 Å². The van der Waals surface area contributed by atoms with Crippen LogP contribution < -0.4 is 0 Å². The molecule has 0 amide bonds. The van der Waals surface area contributed by atoms with Crippen molar-refractivity contribution in [1.29, 1.82) is 0 Å². The number of rotatable bonds is 2. The summed E-state index contributed by atoms with van der Waals surface area (Å²) in [5.41, 5.74) is 0. The topological polar surface area (TPSA) is 37.3 Å². The maximum absolute atomic E-state index is 10.4. The third-order valence-electron chi connectivity index (χ3n) is 1.66. The van der Waals surface area contributed by atoms with Crippen LogP contribution in [0.5, 0.6) is 0 Å². The molecule has 56 valence electrons. The van der Waals surface area contributed by atoms with Gasteiger partial charge in [0.15, 0.2) is 0 Å². The number of hydrogen-bond donors (Lipinski definition) is 1. The van der Waals surface area contributed by atoms with Crippen molar-refractivity contribution in [2.24, 2.45) is 5.92 Å². The lowest BCUT2D eigenvalue weighted by Gasteiger charge is -2.09. The van der Waals surface area contributed by atoms with E-state index in [0.29, 0.717) is 0 Å². The molecule has 0 spiro atoms. The maximum Gasteiger partial charge on any atom is 0.317 e. The van der Waals surface area contributed by atoms with Gasteiger partial charge in [-0.2, -0.15) is 0 Å². The molecule has 0 aromatic carbocycles. The Kier molecular flexibility index (Phi) is 2.71. The van der Waals surface area contributed by atoms with Gasteiger partial charge in [-0.25, -0.2) is 0 Å².